The predicted octanol–water partition coefficient (Wildman–Crippen LogP) is -0.467. The number of piperidine rings is 3. The molecule has 54 heavy (non-hydrogen) atoms. The molecule has 7 unspecified atom stereocenters. The Morgan fingerprint density at radius 3 is 1.57 bits per heavy atom. The average molecular weight is 1260 g/mol. The topological polar surface area (TPSA) is 250 Å². The molecule has 19 nitrogen and oxygen atoms in total. The molecule has 0 aromatic carbocycles. The second-order valence-electron chi connectivity index (χ2n) is 10.00. The van der Waals surface area contributed by atoms with Gasteiger partial charge in [-0.05, 0) is 12.8 Å². The van der Waals surface area contributed by atoms with Crippen LogP contribution in [0.5, 0.6) is 0 Å². The predicted molar refractivity (Wildman–Crippen MR) is 222 cm³/mol. The Labute approximate surface area is 385 Å². The molecule has 3 fully saturated rings. The Kier molecular flexibility index (Phi) is 51.0. The number of ketones is 2. The van der Waals surface area contributed by atoms with Crippen LogP contribution in [0.4, 0.5) is 0 Å². The largest absolute Gasteiger partial charge is 1.00 e. The van der Waals surface area contributed by atoms with E-state index in [1.165, 1.54) is 43.1 Å². The van der Waals surface area contributed by atoms with Crippen molar-refractivity contribution in [2.45, 2.75) is 76.5 Å². The number of hydrogen-bond donors (Lipinski definition) is 3. The van der Waals surface area contributed by atoms with Crippen LogP contribution in [0.15, 0.2) is 0 Å². The minimum atomic E-state index is -1.66. The van der Waals surface area contributed by atoms with E-state index in [4.69, 9.17) is 56.0 Å². The summed E-state index contributed by atoms with van der Waals surface area (Å²) in [7, 11) is 2.82. The van der Waals surface area contributed by atoms with Gasteiger partial charge < -0.3 is 20.8 Å². The van der Waals surface area contributed by atoms with Crippen molar-refractivity contribution < 1.29 is 99.2 Å². The van der Waals surface area contributed by atoms with Crippen molar-refractivity contribution in [1.29, 1.82) is 0 Å². The Morgan fingerprint density at radius 1 is 0.796 bits per heavy atom. The number of carbonyl (C=O) groups is 2. The summed E-state index contributed by atoms with van der Waals surface area (Å²) in [4.78, 5) is 40.5. The summed E-state index contributed by atoms with van der Waals surface area (Å²) in [6.45, 7) is 1.72. The first kappa shape index (κ1) is 66.3. The SMILES string of the molecule is C.COOCC1CC(=O)CCN1OS(C)=O.COOCC1CC(O)CCN1OS(C)=O.CS(=O)ON1CCC(=O)CC1C(O)O.ClCCl.[I][V]([I])[I].[Li+].[OH-]. The van der Waals surface area contributed by atoms with Gasteiger partial charge in [-0.15, -0.1) is 23.2 Å². The molecule has 0 radical (unpaired) electrons. The van der Waals surface area contributed by atoms with Gasteiger partial charge in [-0.1, -0.05) is 7.43 Å². The van der Waals surface area contributed by atoms with Crippen molar-refractivity contribution >= 4 is 128 Å². The van der Waals surface area contributed by atoms with Gasteiger partial charge in [-0.25, -0.2) is 32.2 Å². The van der Waals surface area contributed by atoms with E-state index in [0.29, 0.717) is 38.8 Å². The zero-order valence-corrected chi connectivity index (χ0v) is 41.8. The van der Waals surface area contributed by atoms with Crippen LogP contribution < -0.4 is 18.9 Å². The number of aliphatic hydroxyl groups is 3. The maximum absolute atomic E-state index is 11.2. The van der Waals surface area contributed by atoms with Gasteiger partial charge in [0.05, 0.1) is 43.8 Å². The van der Waals surface area contributed by atoms with Crippen LogP contribution in [0.25, 0.3) is 0 Å². The van der Waals surface area contributed by atoms with E-state index in [0.717, 1.165) is 0 Å². The van der Waals surface area contributed by atoms with Gasteiger partial charge in [0.1, 0.15) is 24.8 Å². The van der Waals surface area contributed by atoms with Crippen LogP contribution in [0.3, 0.4) is 0 Å². The Bertz CT molecular complexity index is 1040. The molecular weight excluding hydrogens is 1200 g/mol. The quantitative estimate of drug-likeness (QED) is 0.0527. The van der Waals surface area contributed by atoms with Crippen molar-refractivity contribution in [3.63, 3.8) is 0 Å². The van der Waals surface area contributed by atoms with Crippen molar-refractivity contribution in [2.24, 2.45) is 0 Å². The van der Waals surface area contributed by atoms with E-state index in [2.05, 4.69) is 69.7 Å². The molecule has 4 N–H and O–H groups in total. The number of hydrogen-bond acceptors (Lipinski definition) is 19. The van der Waals surface area contributed by atoms with E-state index in [-0.39, 0.29) is 104 Å². The molecule has 0 bridgehead atoms. The van der Waals surface area contributed by atoms with Gasteiger partial charge >= 0.3 is 83.7 Å². The third-order valence-corrected chi connectivity index (χ3v) is 7.44. The van der Waals surface area contributed by atoms with Gasteiger partial charge in [0, 0.05) is 64.1 Å². The van der Waals surface area contributed by atoms with Crippen LogP contribution in [0, 0.1) is 0 Å². The molecule has 3 aliphatic rings. The number of carbonyl (C=O) groups excluding carboxylic acids is 2. The molecular formula is C25H52Cl2I3LiN3O16S3V. The molecule has 3 rings (SSSR count). The summed E-state index contributed by atoms with van der Waals surface area (Å²) >= 11 is 12.7. The molecule has 3 heterocycles. The summed E-state index contributed by atoms with van der Waals surface area (Å²) < 4.78 is 47.6. The first-order valence-corrected chi connectivity index (χ1v) is 33.6. The van der Waals surface area contributed by atoms with Crippen LogP contribution >= 0.6 is 83.1 Å². The smallest absolute Gasteiger partial charge is 0.870 e. The molecule has 3 aliphatic heterocycles. The summed E-state index contributed by atoms with van der Waals surface area (Å²) in [5.74, 6) is 0.103. The maximum atomic E-state index is 11.2. The number of rotatable bonds is 13. The average Bonchev–Trinajstić information content (AvgIpc) is 3.02. The van der Waals surface area contributed by atoms with E-state index >= 15 is 0 Å². The number of aliphatic hydroxyl groups excluding tert-OH is 2. The maximum Gasteiger partial charge on any atom is 1.00 e. The monoisotopic (exact) mass is 1250 g/mol. The fourth-order valence-electron chi connectivity index (χ4n) is 4.26. The van der Waals surface area contributed by atoms with E-state index in [1.54, 1.807) is 5.06 Å². The normalized spacial score (nSPS) is 23.5. The summed E-state index contributed by atoms with van der Waals surface area (Å²) in [5.41, 5.74) is 0. The molecule has 3 saturated heterocycles. The third kappa shape index (κ3) is 37.0. The zero-order valence-electron chi connectivity index (χ0n) is 30.0. The number of alkyl halides is 2. The molecule has 322 valence electrons. The number of nitrogens with zero attached hydrogens (tertiary/aromatic N) is 3. The fraction of sp³-hybridized carbons (Fsp3) is 0.920. The Hall–Kier alpha value is 3.18. The zero-order chi connectivity index (χ0) is 39.5. The number of hydroxylamine groups is 6. The second kappa shape index (κ2) is 41.5. The van der Waals surface area contributed by atoms with Crippen molar-refractivity contribution in [3.05, 3.63) is 0 Å². The molecule has 0 spiro atoms. The number of halogens is 5. The van der Waals surface area contributed by atoms with Crippen LogP contribution in [-0.2, 0) is 80.2 Å². The standard InChI is InChI=1S/C8H17NO5S.C8H15NO5S.C7H13NO5S.CH2Cl2.CH4.3HI.Li.H2O.V/c2*1-12-13-6-7-5-8(10)3-4-9(7)14-15(2)11;1-14(12)13-8-3-2-5(9)4-6(8)7(10)11;2-1-3;;;;;;;/h7-8,10H,3-6H2,1-2H3;7H,3-6H2,1-2H3;6-7,10-11H,2-4H2,1H3;1H2;1H4;3*1H;;1H2;/q;;;;;;;;+1;;+3/p-4. The van der Waals surface area contributed by atoms with Gasteiger partial charge in [0.2, 0.25) is 0 Å². The van der Waals surface area contributed by atoms with Crippen molar-refractivity contribution in [3.8, 4) is 0 Å². The van der Waals surface area contributed by atoms with E-state index in [9.17, 15) is 27.3 Å². The minimum Gasteiger partial charge on any atom is -0.870 e. The molecule has 7 atom stereocenters. The molecule has 0 aromatic heterocycles. The second-order valence-corrected chi connectivity index (χ2v) is 49.0. The van der Waals surface area contributed by atoms with Crippen molar-refractivity contribution in [2.75, 3.05) is 71.2 Å². The molecule has 0 aromatic rings. The summed E-state index contributed by atoms with van der Waals surface area (Å²) in [5, 5.41) is 31.9. The molecule has 0 saturated carbocycles. The number of Topliss-reactive ketones (excluding diaryl/α,β-unsaturated/α-hetero) is 2. The van der Waals surface area contributed by atoms with Gasteiger partial charge in [-0.2, -0.15) is 28.0 Å². The molecule has 0 amide bonds. The Balaban J connectivity index is -0.000000199. The molecule has 29 heteroatoms. The van der Waals surface area contributed by atoms with Crippen LogP contribution in [0.1, 0.15) is 46.0 Å². The minimum absolute atomic E-state index is 0. The molecule has 0 aliphatic carbocycles. The Morgan fingerprint density at radius 2 is 1.17 bits per heavy atom. The first-order chi connectivity index (χ1) is 23.9. The van der Waals surface area contributed by atoms with Gasteiger partial charge in [0.25, 0.3) is 0 Å². The van der Waals surface area contributed by atoms with E-state index < -0.39 is 45.6 Å². The summed E-state index contributed by atoms with van der Waals surface area (Å²) in [6.07, 6.45) is 4.38. The summed E-state index contributed by atoms with van der Waals surface area (Å²) in [6, 6.07) is -1.17. The fourth-order valence-corrected chi connectivity index (χ4v) is 5.65. The van der Waals surface area contributed by atoms with Crippen LogP contribution in [0.2, 0.25) is 0 Å². The van der Waals surface area contributed by atoms with Crippen molar-refractivity contribution in [1.82, 2.24) is 15.2 Å². The van der Waals surface area contributed by atoms with Gasteiger partial charge in [-0.3, -0.25) is 9.59 Å². The first-order valence-electron chi connectivity index (χ1n) is 14.6. The van der Waals surface area contributed by atoms with Crippen LogP contribution in [-0.4, -0.2) is 162 Å². The van der Waals surface area contributed by atoms with E-state index in [1.807, 2.05) is 0 Å². The van der Waals surface area contributed by atoms with Gasteiger partial charge in [0.15, 0.2) is 39.5 Å². The third-order valence-electron chi connectivity index (χ3n) is 6.24.